The van der Waals surface area contributed by atoms with Crippen molar-refractivity contribution < 1.29 is 4.79 Å². The van der Waals surface area contributed by atoms with Gasteiger partial charge >= 0.3 is 0 Å². The minimum absolute atomic E-state index is 0.193. The zero-order chi connectivity index (χ0) is 16.4. The van der Waals surface area contributed by atoms with Crippen molar-refractivity contribution in [2.45, 2.75) is 32.1 Å². The molecule has 0 unspecified atom stereocenters. The Balaban J connectivity index is 1.53. The highest BCUT2D eigenvalue weighted by Crippen LogP contribution is 2.26. The molecule has 122 valence electrons. The molecule has 3 aromatic heterocycles. The molecule has 0 aromatic carbocycles. The van der Waals surface area contributed by atoms with Crippen LogP contribution in [-0.4, -0.2) is 26.1 Å². The van der Waals surface area contributed by atoms with Crippen LogP contribution in [0.1, 0.15) is 41.0 Å². The van der Waals surface area contributed by atoms with Crippen LogP contribution in [0.25, 0.3) is 11.3 Å². The van der Waals surface area contributed by atoms with Gasteiger partial charge in [0.15, 0.2) is 10.8 Å². The lowest BCUT2D eigenvalue weighted by atomic mass is 10.1. The maximum absolute atomic E-state index is 12.6. The molecule has 2 N–H and O–H groups in total. The van der Waals surface area contributed by atoms with Gasteiger partial charge in [-0.1, -0.05) is 6.42 Å². The first-order valence-electron chi connectivity index (χ1n) is 8.04. The van der Waals surface area contributed by atoms with E-state index in [9.17, 15) is 4.79 Å². The molecule has 1 amide bonds. The molecular formula is C17H17N5OS. The number of anilines is 1. The molecule has 1 aliphatic carbocycles. The Morgan fingerprint density at radius 3 is 3.04 bits per heavy atom. The van der Waals surface area contributed by atoms with Crippen LogP contribution in [0.4, 0.5) is 5.13 Å². The van der Waals surface area contributed by atoms with Gasteiger partial charge < -0.3 is 0 Å². The number of hydrogen-bond donors (Lipinski definition) is 2. The molecule has 0 aliphatic heterocycles. The number of amides is 1. The fourth-order valence-corrected chi connectivity index (χ4v) is 3.69. The third-order valence-electron chi connectivity index (χ3n) is 4.20. The van der Waals surface area contributed by atoms with Crippen molar-refractivity contribution in [3.8, 4) is 11.3 Å². The smallest absolute Gasteiger partial charge is 0.278 e. The van der Waals surface area contributed by atoms with Crippen molar-refractivity contribution in [3.05, 3.63) is 46.9 Å². The van der Waals surface area contributed by atoms with Gasteiger partial charge in [0.25, 0.3) is 5.91 Å². The summed E-state index contributed by atoms with van der Waals surface area (Å²) in [6.45, 7) is 0. The quantitative estimate of drug-likeness (QED) is 0.716. The minimum atomic E-state index is -0.193. The molecule has 0 saturated heterocycles. The Hall–Kier alpha value is -2.54. The number of hydrogen-bond acceptors (Lipinski definition) is 5. The highest BCUT2D eigenvalue weighted by atomic mass is 32.1. The van der Waals surface area contributed by atoms with E-state index in [4.69, 9.17) is 0 Å². The van der Waals surface area contributed by atoms with E-state index >= 15 is 0 Å². The average Bonchev–Trinajstić information content (AvgIpc) is 3.17. The fourth-order valence-electron chi connectivity index (χ4n) is 2.98. The average molecular weight is 339 g/mol. The number of aromatic nitrogens is 4. The number of thiazole rings is 1. The number of carbonyl (C=O) groups is 1. The number of aryl methyl sites for hydroxylation is 1. The summed E-state index contributed by atoms with van der Waals surface area (Å²) < 4.78 is 0. The second-order valence-corrected chi connectivity index (χ2v) is 6.68. The molecule has 6 nitrogen and oxygen atoms in total. The van der Waals surface area contributed by atoms with Crippen LogP contribution in [0.2, 0.25) is 0 Å². The molecule has 24 heavy (non-hydrogen) atoms. The third kappa shape index (κ3) is 2.94. The van der Waals surface area contributed by atoms with Gasteiger partial charge in [-0.05, 0) is 37.8 Å². The molecule has 7 heteroatoms. The van der Waals surface area contributed by atoms with Gasteiger partial charge in [-0.2, -0.15) is 5.10 Å². The number of H-pyrrole nitrogens is 1. The van der Waals surface area contributed by atoms with Crippen molar-refractivity contribution in [2.75, 3.05) is 5.32 Å². The van der Waals surface area contributed by atoms with E-state index in [1.54, 1.807) is 12.4 Å². The van der Waals surface area contributed by atoms with Gasteiger partial charge in [-0.3, -0.25) is 20.2 Å². The number of nitrogens with zero attached hydrogens (tertiary/aromatic N) is 3. The van der Waals surface area contributed by atoms with Crippen LogP contribution in [0, 0.1) is 0 Å². The molecule has 3 heterocycles. The highest BCUT2D eigenvalue weighted by Gasteiger charge is 2.21. The molecule has 0 bridgehead atoms. The molecule has 0 radical (unpaired) electrons. The first-order valence-corrected chi connectivity index (χ1v) is 8.92. The normalized spacial score (nSPS) is 14.0. The Morgan fingerprint density at radius 1 is 1.25 bits per heavy atom. The number of fused-ring (bicyclic) bond motifs is 1. The van der Waals surface area contributed by atoms with Crippen molar-refractivity contribution in [2.24, 2.45) is 0 Å². The van der Waals surface area contributed by atoms with Gasteiger partial charge in [0.1, 0.15) is 0 Å². The first kappa shape index (κ1) is 15.0. The largest absolute Gasteiger partial charge is 0.296 e. The maximum atomic E-state index is 12.6. The summed E-state index contributed by atoms with van der Waals surface area (Å²) >= 11 is 1.40. The van der Waals surface area contributed by atoms with Crippen LogP contribution in [0.15, 0.2) is 29.9 Å². The van der Waals surface area contributed by atoms with Gasteiger partial charge in [0, 0.05) is 34.6 Å². The monoisotopic (exact) mass is 339 g/mol. The summed E-state index contributed by atoms with van der Waals surface area (Å²) in [6.07, 6.45) is 8.82. The SMILES string of the molecule is O=C(Nc1nc(-c2cccnc2)cs1)c1n[nH]c2c1CCCCC2. The second-order valence-electron chi connectivity index (χ2n) is 5.82. The van der Waals surface area contributed by atoms with Gasteiger partial charge in [-0.15, -0.1) is 11.3 Å². The fraction of sp³-hybridized carbons (Fsp3) is 0.294. The zero-order valence-corrected chi connectivity index (χ0v) is 13.9. The van der Waals surface area contributed by atoms with E-state index in [2.05, 4.69) is 25.5 Å². The van der Waals surface area contributed by atoms with Crippen LogP contribution in [0.5, 0.6) is 0 Å². The molecule has 1 aliphatic rings. The van der Waals surface area contributed by atoms with E-state index in [0.29, 0.717) is 10.8 Å². The van der Waals surface area contributed by atoms with E-state index in [1.807, 2.05) is 17.5 Å². The van der Waals surface area contributed by atoms with Crippen molar-refractivity contribution in [3.63, 3.8) is 0 Å². The second kappa shape index (κ2) is 6.52. The molecule has 0 spiro atoms. The Kier molecular flexibility index (Phi) is 4.08. The molecule has 0 saturated carbocycles. The van der Waals surface area contributed by atoms with E-state index < -0.39 is 0 Å². The minimum Gasteiger partial charge on any atom is -0.296 e. The molecule has 3 aromatic rings. The lowest BCUT2D eigenvalue weighted by Crippen LogP contribution is -2.14. The summed E-state index contributed by atoms with van der Waals surface area (Å²) in [6, 6.07) is 3.81. The number of rotatable bonds is 3. The molecule has 0 fully saturated rings. The van der Waals surface area contributed by atoms with E-state index in [1.165, 1.54) is 17.8 Å². The predicted octanol–water partition coefficient (Wildman–Crippen LogP) is 3.45. The molecular weight excluding hydrogens is 322 g/mol. The van der Waals surface area contributed by atoms with Gasteiger partial charge in [0.2, 0.25) is 0 Å². The van der Waals surface area contributed by atoms with Crippen molar-refractivity contribution >= 4 is 22.4 Å². The van der Waals surface area contributed by atoms with Gasteiger partial charge in [0.05, 0.1) is 5.69 Å². The molecule has 4 rings (SSSR count). The lowest BCUT2D eigenvalue weighted by molar-refractivity contribution is 0.102. The molecule has 0 atom stereocenters. The maximum Gasteiger partial charge on any atom is 0.278 e. The van der Waals surface area contributed by atoms with Crippen molar-refractivity contribution in [1.29, 1.82) is 0 Å². The third-order valence-corrected chi connectivity index (χ3v) is 4.96. The summed E-state index contributed by atoms with van der Waals surface area (Å²) in [5.74, 6) is -0.193. The number of nitrogens with one attached hydrogen (secondary N) is 2. The Morgan fingerprint density at radius 2 is 2.17 bits per heavy atom. The lowest BCUT2D eigenvalue weighted by Gasteiger charge is -2.02. The first-order chi connectivity index (χ1) is 11.8. The summed E-state index contributed by atoms with van der Waals surface area (Å²) in [4.78, 5) is 21.1. The van der Waals surface area contributed by atoms with E-state index in [0.717, 1.165) is 48.2 Å². The highest BCUT2D eigenvalue weighted by molar-refractivity contribution is 7.14. The van der Waals surface area contributed by atoms with Crippen LogP contribution >= 0.6 is 11.3 Å². The Bertz CT molecular complexity index is 855. The van der Waals surface area contributed by atoms with Crippen molar-refractivity contribution in [1.82, 2.24) is 20.2 Å². The summed E-state index contributed by atoms with van der Waals surface area (Å²) in [5, 5.41) is 12.6. The standard InChI is InChI=1S/C17H17N5OS/c23-16(15-12-6-2-1-3-7-13(12)21-22-15)20-17-19-14(10-24-17)11-5-4-8-18-9-11/h4-5,8-10H,1-3,6-7H2,(H,21,22)(H,19,20,23). The van der Waals surface area contributed by atoms with Crippen LogP contribution in [-0.2, 0) is 12.8 Å². The summed E-state index contributed by atoms with van der Waals surface area (Å²) in [7, 11) is 0. The number of aromatic amines is 1. The number of carbonyl (C=O) groups excluding carboxylic acids is 1. The summed E-state index contributed by atoms with van der Waals surface area (Å²) in [5.41, 5.74) is 4.42. The topological polar surface area (TPSA) is 83.6 Å². The predicted molar refractivity (Wildman–Crippen MR) is 93.1 cm³/mol. The zero-order valence-electron chi connectivity index (χ0n) is 13.1. The van der Waals surface area contributed by atoms with Crippen LogP contribution in [0.3, 0.4) is 0 Å². The van der Waals surface area contributed by atoms with E-state index in [-0.39, 0.29) is 5.91 Å². The number of pyridine rings is 1. The Labute approximate surface area is 143 Å². The van der Waals surface area contributed by atoms with Gasteiger partial charge in [-0.25, -0.2) is 4.98 Å². The van der Waals surface area contributed by atoms with Crippen LogP contribution < -0.4 is 5.32 Å².